The van der Waals surface area contributed by atoms with Gasteiger partial charge in [0.2, 0.25) is 0 Å². The molecule has 0 aromatic carbocycles. The molecule has 0 amide bonds. The standard InChI is InChI=1S/C12H10F12O2/c1-3-5-8(11(19,20)21,12(22,23)24)26-6-25-7(4-2,9(13,14)15)10(16,17)18/h3-4H,1-2,5-6H2. The fraction of sp³-hybridized carbons (Fsp3) is 0.667. The van der Waals surface area contributed by atoms with Gasteiger partial charge >= 0.3 is 24.7 Å². The minimum atomic E-state index is -6.30. The Morgan fingerprint density at radius 3 is 1.23 bits per heavy atom. The molecule has 26 heavy (non-hydrogen) atoms. The summed E-state index contributed by atoms with van der Waals surface area (Å²) in [7, 11) is 0. The summed E-state index contributed by atoms with van der Waals surface area (Å²) in [5, 5.41) is 0. The van der Waals surface area contributed by atoms with Crippen molar-refractivity contribution >= 4 is 0 Å². The Labute approximate surface area is 138 Å². The van der Waals surface area contributed by atoms with Gasteiger partial charge in [-0.1, -0.05) is 12.7 Å². The Morgan fingerprint density at radius 1 is 0.615 bits per heavy atom. The Hall–Kier alpha value is -1.44. The molecule has 2 nitrogen and oxygen atoms in total. The molecule has 0 aliphatic rings. The molecular formula is C12H10F12O2. The lowest BCUT2D eigenvalue weighted by molar-refractivity contribution is -0.418. The summed E-state index contributed by atoms with van der Waals surface area (Å²) in [5.41, 5.74) is -10.4. The van der Waals surface area contributed by atoms with Crippen molar-refractivity contribution in [3.63, 3.8) is 0 Å². The third-order valence-corrected chi connectivity index (χ3v) is 3.07. The van der Waals surface area contributed by atoms with Crippen LogP contribution in [0.25, 0.3) is 0 Å². The molecule has 0 fully saturated rings. The van der Waals surface area contributed by atoms with Gasteiger partial charge in [0.25, 0.3) is 11.2 Å². The van der Waals surface area contributed by atoms with E-state index in [1.54, 1.807) is 0 Å². The molecule has 0 spiro atoms. The average Bonchev–Trinajstić information content (AvgIpc) is 2.36. The number of rotatable bonds is 7. The molecule has 0 N–H and O–H groups in total. The van der Waals surface area contributed by atoms with Crippen molar-refractivity contribution in [2.45, 2.75) is 42.3 Å². The molecule has 14 heteroatoms. The Balaban J connectivity index is 5.89. The summed E-state index contributed by atoms with van der Waals surface area (Å²) in [6.45, 7) is 2.21. The topological polar surface area (TPSA) is 18.5 Å². The van der Waals surface area contributed by atoms with E-state index in [1.807, 2.05) is 0 Å². The number of ether oxygens (including phenoxy) is 2. The van der Waals surface area contributed by atoms with Crippen LogP contribution in [0, 0.1) is 0 Å². The van der Waals surface area contributed by atoms with E-state index in [-0.39, 0.29) is 6.08 Å². The second-order valence-corrected chi connectivity index (χ2v) is 4.66. The Kier molecular flexibility index (Phi) is 6.89. The molecule has 0 rings (SSSR count). The van der Waals surface area contributed by atoms with Gasteiger partial charge in [-0.2, -0.15) is 52.7 Å². The van der Waals surface area contributed by atoms with E-state index in [0.29, 0.717) is 0 Å². The summed E-state index contributed by atoms with van der Waals surface area (Å²) < 4.78 is 160. The van der Waals surface area contributed by atoms with Crippen LogP contribution in [0.15, 0.2) is 25.3 Å². The van der Waals surface area contributed by atoms with Gasteiger partial charge in [0, 0.05) is 6.42 Å². The van der Waals surface area contributed by atoms with Crippen LogP contribution in [0.3, 0.4) is 0 Å². The Morgan fingerprint density at radius 2 is 1.00 bits per heavy atom. The molecule has 0 bridgehead atoms. The number of hydrogen-bond acceptors (Lipinski definition) is 2. The van der Waals surface area contributed by atoms with Crippen LogP contribution in [-0.2, 0) is 9.47 Å². The number of alkyl halides is 12. The third-order valence-electron chi connectivity index (χ3n) is 3.07. The maximum Gasteiger partial charge on any atom is 0.430 e. The number of hydrogen-bond donors (Lipinski definition) is 0. The van der Waals surface area contributed by atoms with E-state index < -0.39 is 55.2 Å². The highest BCUT2D eigenvalue weighted by atomic mass is 19.4. The van der Waals surface area contributed by atoms with Crippen LogP contribution >= 0.6 is 0 Å². The molecule has 0 heterocycles. The lowest BCUT2D eigenvalue weighted by Crippen LogP contribution is -2.61. The maximum absolute atomic E-state index is 12.8. The third kappa shape index (κ3) is 4.27. The zero-order chi connectivity index (χ0) is 21.2. The molecular weight excluding hydrogens is 404 g/mol. The van der Waals surface area contributed by atoms with Gasteiger partial charge in [0.15, 0.2) is 0 Å². The smallest absolute Gasteiger partial charge is 0.331 e. The summed E-state index contributed by atoms with van der Waals surface area (Å²) >= 11 is 0. The molecule has 0 aromatic heterocycles. The monoisotopic (exact) mass is 414 g/mol. The quantitative estimate of drug-likeness (QED) is 0.313. The predicted octanol–water partition coefficient (Wildman–Crippen LogP) is 5.47. The van der Waals surface area contributed by atoms with Gasteiger partial charge in [-0.15, -0.1) is 6.58 Å². The fourth-order valence-electron chi connectivity index (χ4n) is 1.66. The Bertz CT molecular complexity index is 468. The van der Waals surface area contributed by atoms with Gasteiger partial charge in [0.05, 0.1) is 0 Å². The molecule has 0 saturated heterocycles. The second-order valence-electron chi connectivity index (χ2n) is 4.66. The highest BCUT2D eigenvalue weighted by molar-refractivity contribution is 5.09. The SMILES string of the molecule is C=CCC(OCOC(C=C)(C(F)(F)F)C(F)(F)F)(C(F)(F)F)C(F)(F)F. The molecule has 0 radical (unpaired) electrons. The first-order valence-corrected chi connectivity index (χ1v) is 6.12. The minimum absolute atomic E-state index is 0.0786. The fourth-order valence-corrected chi connectivity index (χ4v) is 1.66. The summed E-state index contributed by atoms with van der Waals surface area (Å²) in [6.07, 6.45) is -27.9. The van der Waals surface area contributed by atoms with Gasteiger partial charge in [0.1, 0.15) is 6.79 Å². The van der Waals surface area contributed by atoms with Crippen LogP contribution in [0.5, 0.6) is 0 Å². The van der Waals surface area contributed by atoms with E-state index in [2.05, 4.69) is 22.6 Å². The summed E-state index contributed by atoms with van der Waals surface area (Å²) in [4.78, 5) is 0. The highest BCUT2D eigenvalue weighted by Crippen LogP contribution is 2.50. The van der Waals surface area contributed by atoms with Gasteiger partial charge in [-0.05, 0) is 6.08 Å². The maximum atomic E-state index is 12.8. The lowest BCUT2D eigenvalue weighted by atomic mass is 9.98. The zero-order valence-corrected chi connectivity index (χ0v) is 12.3. The second kappa shape index (κ2) is 7.29. The molecule has 0 aliphatic carbocycles. The first-order valence-electron chi connectivity index (χ1n) is 6.12. The van der Waals surface area contributed by atoms with Crippen LogP contribution in [0.1, 0.15) is 6.42 Å². The van der Waals surface area contributed by atoms with Crippen molar-refractivity contribution in [2.75, 3.05) is 6.79 Å². The van der Waals surface area contributed by atoms with Crippen molar-refractivity contribution in [1.82, 2.24) is 0 Å². The van der Waals surface area contributed by atoms with Crippen molar-refractivity contribution in [3.8, 4) is 0 Å². The van der Waals surface area contributed by atoms with Crippen LogP contribution in [-0.4, -0.2) is 42.7 Å². The molecule has 0 atom stereocenters. The van der Waals surface area contributed by atoms with Crippen molar-refractivity contribution in [3.05, 3.63) is 25.3 Å². The zero-order valence-electron chi connectivity index (χ0n) is 12.3. The van der Waals surface area contributed by atoms with Crippen molar-refractivity contribution < 1.29 is 62.2 Å². The van der Waals surface area contributed by atoms with Crippen LogP contribution in [0.2, 0.25) is 0 Å². The molecule has 0 aromatic rings. The van der Waals surface area contributed by atoms with E-state index in [0.717, 1.165) is 0 Å². The minimum Gasteiger partial charge on any atom is -0.331 e. The van der Waals surface area contributed by atoms with Crippen molar-refractivity contribution in [1.29, 1.82) is 0 Å². The molecule has 0 aliphatic heterocycles. The average molecular weight is 414 g/mol. The van der Waals surface area contributed by atoms with Crippen LogP contribution in [0.4, 0.5) is 52.7 Å². The predicted molar refractivity (Wildman–Crippen MR) is 61.7 cm³/mol. The molecule has 0 saturated carbocycles. The largest absolute Gasteiger partial charge is 0.430 e. The van der Waals surface area contributed by atoms with Gasteiger partial charge in [-0.25, -0.2) is 0 Å². The van der Waals surface area contributed by atoms with Crippen LogP contribution < -0.4 is 0 Å². The van der Waals surface area contributed by atoms with E-state index in [1.165, 1.54) is 0 Å². The highest BCUT2D eigenvalue weighted by Gasteiger charge is 2.73. The van der Waals surface area contributed by atoms with Crippen molar-refractivity contribution in [2.24, 2.45) is 0 Å². The van der Waals surface area contributed by atoms with E-state index in [9.17, 15) is 52.7 Å². The molecule has 0 unspecified atom stereocenters. The summed E-state index contributed by atoms with van der Waals surface area (Å²) in [5.74, 6) is 0. The lowest BCUT2D eigenvalue weighted by Gasteiger charge is -2.38. The normalized spacial score (nSPS) is 15.1. The van der Waals surface area contributed by atoms with E-state index >= 15 is 0 Å². The van der Waals surface area contributed by atoms with Gasteiger partial charge in [-0.3, -0.25) is 0 Å². The first-order chi connectivity index (χ1) is 11.3. The molecule has 154 valence electrons. The first kappa shape index (κ1) is 24.6. The summed E-state index contributed by atoms with van der Waals surface area (Å²) in [6, 6.07) is 0. The van der Waals surface area contributed by atoms with E-state index in [4.69, 9.17) is 0 Å². The van der Waals surface area contributed by atoms with Gasteiger partial charge < -0.3 is 9.47 Å². The number of halogens is 12.